The number of aromatic nitrogens is 2. The van der Waals surface area contributed by atoms with Crippen LogP contribution >= 0.6 is 23.2 Å². The summed E-state index contributed by atoms with van der Waals surface area (Å²) < 4.78 is 0. The van der Waals surface area contributed by atoms with Crippen LogP contribution in [0.3, 0.4) is 0 Å². The highest BCUT2D eigenvalue weighted by atomic mass is 35.5. The summed E-state index contributed by atoms with van der Waals surface area (Å²) in [6, 6.07) is 1.44. The molecule has 66 valence electrons. The molecule has 0 unspecified atom stereocenters. The van der Waals surface area contributed by atoms with E-state index in [0.29, 0.717) is 5.56 Å². The van der Waals surface area contributed by atoms with Crippen molar-refractivity contribution in [1.82, 2.24) is 10.2 Å². The molecule has 0 saturated carbocycles. The van der Waals surface area contributed by atoms with Gasteiger partial charge in [0.05, 0.1) is 6.10 Å². The number of hydrogen-bond acceptors (Lipinski definition) is 4. The first-order chi connectivity index (χ1) is 5.65. The van der Waals surface area contributed by atoms with E-state index in [-0.39, 0.29) is 16.9 Å². The van der Waals surface area contributed by atoms with Gasteiger partial charge in [-0.1, -0.05) is 23.2 Å². The highest BCUT2D eigenvalue weighted by Gasteiger charge is 2.11. The molecule has 0 radical (unpaired) electrons. The highest BCUT2D eigenvalue weighted by Crippen LogP contribution is 2.21. The molecule has 4 nitrogen and oxygen atoms in total. The Morgan fingerprint density at radius 3 is 2.75 bits per heavy atom. The summed E-state index contributed by atoms with van der Waals surface area (Å²) in [6.07, 6.45) is -0.842. The maximum atomic E-state index is 9.30. The van der Waals surface area contributed by atoms with Crippen LogP contribution in [0.15, 0.2) is 6.07 Å². The number of nitrogens with zero attached hydrogens (tertiary/aromatic N) is 2. The number of hydrogen-bond donors (Lipinski definition) is 2. The maximum absolute atomic E-state index is 9.30. The van der Waals surface area contributed by atoms with E-state index in [1.54, 1.807) is 0 Å². The fraction of sp³-hybridized carbons (Fsp3) is 0.333. The van der Waals surface area contributed by atoms with E-state index in [1.807, 2.05) is 0 Å². The van der Waals surface area contributed by atoms with Gasteiger partial charge >= 0.3 is 0 Å². The summed E-state index contributed by atoms with van der Waals surface area (Å²) in [6.45, 7) is 0.0712. The molecule has 3 N–H and O–H groups in total. The molecule has 6 heteroatoms. The van der Waals surface area contributed by atoms with Gasteiger partial charge in [-0.05, 0) is 6.07 Å². The summed E-state index contributed by atoms with van der Waals surface area (Å²) in [5, 5.41) is 16.6. The molecular formula is C6H7Cl2N3O. The third-order valence-corrected chi connectivity index (χ3v) is 1.81. The molecule has 0 aliphatic heterocycles. The average molecular weight is 208 g/mol. The zero-order chi connectivity index (χ0) is 9.14. The molecule has 1 atom stereocenters. The molecule has 0 bridgehead atoms. The Labute approximate surface area is 79.3 Å². The van der Waals surface area contributed by atoms with Crippen LogP contribution in [0.5, 0.6) is 0 Å². The van der Waals surface area contributed by atoms with Gasteiger partial charge in [0, 0.05) is 12.1 Å². The number of rotatable bonds is 2. The van der Waals surface area contributed by atoms with Gasteiger partial charge in [0.1, 0.15) is 0 Å². The molecule has 1 aromatic heterocycles. The fourth-order valence-corrected chi connectivity index (χ4v) is 1.10. The SMILES string of the molecule is NC[C@H](O)c1cc(Cl)nnc1Cl. The third-order valence-electron chi connectivity index (χ3n) is 1.33. The van der Waals surface area contributed by atoms with Crippen molar-refractivity contribution in [2.24, 2.45) is 5.73 Å². The Balaban J connectivity index is 3.04. The van der Waals surface area contributed by atoms with Crippen LogP contribution in [0, 0.1) is 0 Å². The third kappa shape index (κ3) is 2.04. The first-order valence-corrected chi connectivity index (χ1v) is 3.97. The van der Waals surface area contributed by atoms with Crippen LogP contribution in [0.25, 0.3) is 0 Å². The Morgan fingerprint density at radius 2 is 2.17 bits per heavy atom. The average Bonchev–Trinajstić information content (AvgIpc) is 2.08. The van der Waals surface area contributed by atoms with Crippen molar-refractivity contribution in [2.45, 2.75) is 6.10 Å². The van der Waals surface area contributed by atoms with Gasteiger partial charge in [-0.15, -0.1) is 10.2 Å². The van der Waals surface area contributed by atoms with E-state index in [9.17, 15) is 5.11 Å². The molecule has 0 aliphatic rings. The lowest BCUT2D eigenvalue weighted by molar-refractivity contribution is 0.186. The lowest BCUT2D eigenvalue weighted by Gasteiger charge is -2.08. The normalized spacial score (nSPS) is 13.0. The van der Waals surface area contributed by atoms with Gasteiger partial charge in [-0.2, -0.15) is 0 Å². The number of aliphatic hydroxyl groups is 1. The Bertz CT molecular complexity index is 281. The molecule has 1 rings (SSSR count). The molecule has 0 saturated heterocycles. The zero-order valence-corrected chi connectivity index (χ0v) is 7.55. The molecular weight excluding hydrogens is 201 g/mol. The van der Waals surface area contributed by atoms with E-state index in [0.717, 1.165) is 0 Å². The smallest absolute Gasteiger partial charge is 0.157 e. The molecule has 0 fully saturated rings. The summed E-state index contributed by atoms with van der Waals surface area (Å²) in [7, 11) is 0. The van der Waals surface area contributed by atoms with Crippen molar-refractivity contribution in [3.63, 3.8) is 0 Å². The summed E-state index contributed by atoms with van der Waals surface area (Å²) in [4.78, 5) is 0. The van der Waals surface area contributed by atoms with E-state index < -0.39 is 6.10 Å². The van der Waals surface area contributed by atoms with E-state index in [2.05, 4.69) is 10.2 Å². The van der Waals surface area contributed by atoms with E-state index >= 15 is 0 Å². The predicted molar refractivity (Wildman–Crippen MR) is 46.1 cm³/mol. The Morgan fingerprint density at radius 1 is 1.50 bits per heavy atom. The lowest BCUT2D eigenvalue weighted by Crippen LogP contribution is -2.12. The van der Waals surface area contributed by atoms with Gasteiger partial charge in [-0.25, -0.2) is 0 Å². The minimum Gasteiger partial charge on any atom is -0.387 e. The Kier molecular flexibility index (Phi) is 3.22. The lowest BCUT2D eigenvalue weighted by atomic mass is 10.2. The first-order valence-electron chi connectivity index (χ1n) is 3.22. The highest BCUT2D eigenvalue weighted by molar-refractivity contribution is 6.31. The summed E-state index contributed by atoms with van der Waals surface area (Å²) in [5.41, 5.74) is 5.63. The molecule has 1 heterocycles. The topological polar surface area (TPSA) is 72.0 Å². The maximum Gasteiger partial charge on any atom is 0.157 e. The van der Waals surface area contributed by atoms with Crippen LogP contribution in [0.4, 0.5) is 0 Å². The van der Waals surface area contributed by atoms with Crippen molar-refractivity contribution in [1.29, 1.82) is 0 Å². The largest absolute Gasteiger partial charge is 0.387 e. The molecule has 12 heavy (non-hydrogen) atoms. The number of nitrogens with two attached hydrogens (primary N) is 1. The summed E-state index contributed by atoms with van der Waals surface area (Å²) in [5.74, 6) is 0. The fourth-order valence-electron chi connectivity index (χ4n) is 0.727. The van der Waals surface area contributed by atoms with Gasteiger partial charge in [0.2, 0.25) is 0 Å². The van der Waals surface area contributed by atoms with Crippen LogP contribution in [0.2, 0.25) is 10.3 Å². The molecule has 1 aromatic rings. The van der Waals surface area contributed by atoms with E-state index in [4.69, 9.17) is 28.9 Å². The predicted octanol–water partition coefficient (Wildman–Crippen LogP) is 0.775. The van der Waals surface area contributed by atoms with Crippen LogP contribution in [0.1, 0.15) is 11.7 Å². The van der Waals surface area contributed by atoms with Crippen LogP contribution in [-0.2, 0) is 0 Å². The molecule has 0 aromatic carbocycles. The minimum atomic E-state index is -0.842. The van der Waals surface area contributed by atoms with Crippen LogP contribution in [-0.4, -0.2) is 21.8 Å². The molecule has 0 aliphatic carbocycles. The second-order valence-corrected chi connectivity index (χ2v) is 2.91. The standard InChI is InChI=1S/C6H7Cl2N3O/c7-5-1-3(4(12)2-9)6(8)11-10-5/h1,4,12H,2,9H2/t4-/m0/s1. The number of halogens is 2. The molecule has 0 spiro atoms. The second kappa shape index (κ2) is 4.00. The molecule has 0 amide bonds. The summed E-state index contributed by atoms with van der Waals surface area (Å²) >= 11 is 11.2. The van der Waals surface area contributed by atoms with Gasteiger partial charge in [0.25, 0.3) is 0 Å². The van der Waals surface area contributed by atoms with Crippen molar-refractivity contribution in [3.05, 3.63) is 21.9 Å². The quantitative estimate of drug-likeness (QED) is 0.752. The first kappa shape index (κ1) is 9.67. The van der Waals surface area contributed by atoms with Crippen molar-refractivity contribution in [2.75, 3.05) is 6.54 Å². The Hall–Kier alpha value is -0.420. The van der Waals surface area contributed by atoms with E-state index in [1.165, 1.54) is 6.07 Å². The second-order valence-electron chi connectivity index (χ2n) is 2.16. The van der Waals surface area contributed by atoms with Gasteiger partial charge < -0.3 is 10.8 Å². The van der Waals surface area contributed by atoms with Gasteiger partial charge in [0.15, 0.2) is 10.3 Å². The number of aliphatic hydroxyl groups excluding tert-OH is 1. The zero-order valence-electron chi connectivity index (χ0n) is 6.04. The van der Waals surface area contributed by atoms with Crippen molar-refractivity contribution < 1.29 is 5.11 Å². The minimum absolute atomic E-state index is 0.0712. The van der Waals surface area contributed by atoms with Gasteiger partial charge in [-0.3, -0.25) is 0 Å². The van der Waals surface area contributed by atoms with Crippen LogP contribution < -0.4 is 5.73 Å². The monoisotopic (exact) mass is 207 g/mol. The van der Waals surface area contributed by atoms with Crippen molar-refractivity contribution in [3.8, 4) is 0 Å². The van der Waals surface area contributed by atoms with Crippen molar-refractivity contribution >= 4 is 23.2 Å².